The third kappa shape index (κ3) is 7.67. The summed E-state index contributed by atoms with van der Waals surface area (Å²) < 4.78 is 5.20. The second-order valence-electron chi connectivity index (χ2n) is 7.14. The lowest BCUT2D eigenvalue weighted by Crippen LogP contribution is -2.35. The molecule has 0 radical (unpaired) electrons. The van der Waals surface area contributed by atoms with Crippen LogP contribution < -0.4 is 0 Å². The summed E-state index contributed by atoms with van der Waals surface area (Å²) in [7, 11) is 3.74. The van der Waals surface area contributed by atoms with E-state index in [2.05, 4.69) is 20.8 Å². The van der Waals surface area contributed by atoms with Gasteiger partial charge in [0, 0.05) is 6.54 Å². The molecule has 0 aliphatic heterocycles. The maximum atomic E-state index is 12.0. The Morgan fingerprint density at radius 2 is 1.72 bits per heavy atom. The number of likely N-dealkylation sites (N-methyl/N-ethyl adjacent to an activating group) is 1. The van der Waals surface area contributed by atoms with E-state index in [-0.39, 0.29) is 18.0 Å². The van der Waals surface area contributed by atoms with Crippen LogP contribution in [-0.2, 0) is 9.53 Å². The molecule has 0 spiro atoms. The van der Waals surface area contributed by atoms with E-state index in [1.54, 1.807) is 0 Å². The number of esters is 1. The molecule has 0 rings (SSSR count). The molecule has 0 aliphatic rings. The molecule has 0 bridgehead atoms. The summed E-state index contributed by atoms with van der Waals surface area (Å²) in [6.07, 6.45) is 0.122. The molecule has 1 unspecified atom stereocenters. The van der Waals surface area contributed by atoms with Crippen molar-refractivity contribution in [3.63, 3.8) is 0 Å². The Balaban J connectivity index is 4.23. The highest BCUT2D eigenvalue weighted by Crippen LogP contribution is 2.34. The fourth-order valence-electron chi connectivity index (χ4n) is 2.24. The minimum Gasteiger partial charge on any atom is -0.462 e. The van der Waals surface area contributed by atoms with Crippen molar-refractivity contribution in [1.29, 1.82) is 0 Å². The number of ether oxygens (including phenoxy) is 1. The zero-order valence-electron chi connectivity index (χ0n) is 12.9. The van der Waals surface area contributed by atoms with Gasteiger partial charge in [0.1, 0.15) is 12.7 Å². The maximum absolute atomic E-state index is 12.0. The number of hydrogen-bond acceptors (Lipinski definition) is 4. The SMILES string of the molecule is CN(C)CC(O)COC(=O)C(C)(C)CC(C)(C)C. The normalized spacial score (nSPS) is 14.7. The highest BCUT2D eigenvalue weighted by molar-refractivity contribution is 5.75. The lowest BCUT2D eigenvalue weighted by atomic mass is 9.76. The number of aliphatic hydroxyl groups excluding tert-OH is 1. The molecule has 0 amide bonds. The van der Waals surface area contributed by atoms with Gasteiger partial charge in [-0.25, -0.2) is 0 Å². The Labute approximate surface area is 111 Å². The Kier molecular flexibility index (Phi) is 6.30. The molecule has 0 fully saturated rings. The van der Waals surface area contributed by atoms with Crippen molar-refractivity contribution < 1.29 is 14.6 Å². The maximum Gasteiger partial charge on any atom is 0.311 e. The molecule has 4 heteroatoms. The van der Waals surface area contributed by atoms with Gasteiger partial charge >= 0.3 is 5.97 Å². The summed E-state index contributed by atoms with van der Waals surface area (Å²) in [5, 5.41) is 9.65. The quantitative estimate of drug-likeness (QED) is 0.740. The van der Waals surface area contributed by atoms with Crippen LogP contribution in [0.4, 0.5) is 0 Å². The Morgan fingerprint density at radius 3 is 2.11 bits per heavy atom. The average molecular weight is 259 g/mol. The second kappa shape index (κ2) is 6.53. The predicted octanol–water partition coefficient (Wildman–Crippen LogP) is 1.91. The molecule has 1 atom stereocenters. The van der Waals surface area contributed by atoms with Crippen molar-refractivity contribution in [2.45, 2.75) is 47.1 Å². The molecule has 0 saturated carbocycles. The van der Waals surface area contributed by atoms with Gasteiger partial charge in [0.15, 0.2) is 0 Å². The van der Waals surface area contributed by atoms with Crippen molar-refractivity contribution in [3.8, 4) is 0 Å². The minimum atomic E-state index is -0.630. The van der Waals surface area contributed by atoms with Crippen LogP contribution in [-0.4, -0.2) is 49.3 Å². The Hall–Kier alpha value is -0.610. The monoisotopic (exact) mass is 259 g/mol. The first-order valence-electron chi connectivity index (χ1n) is 6.44. The van der Waals surface area contributed by atoms with E-state index in [1.807, 2.05) is 32.8 Å². The molecule has 4 nitrogen and oxygen atoms in total. The van der Waals surface area contributed by atoms with E-state index < -0.39 is 11.5 Å². The van der Waals surface area contributed by atoms with Crippen molar-refractivity contribution >= 4 is 5.97 Å². The topological polar surface area (TPSA) is 49.8 Å². The summed E-state index contributed by atoms with van der Waals surface area (Å²) >= 11 is 0. The second-order valence-corrected chi connectivity index (χ2v) is 7.14. The third-order valence-corrected chi connectivity index (χ3v) is 2.51. The number of carbonyl (C=O) groups is 1. The van der Waals surface area contributed by atoms with Crippen LogP contribution in [0.15, 0.2) is 0 Å². The molecule has 0 aromatic heterocycles. The van der Waals surface area contributed by atoms with Crippen molar-refractivity contribution in [1.82, 2.24) is 4.90 Å². The summed E-state index contributed by atoms with van der Waals surface area (Å²) in [4.78, 5) is 13.8. The van der Waals surface area contributed by atoms with Gasteiger partial charge in [0.2, 0.25) is 0 Å². The molecule has 108 valence electrons. The van der Waals surface area contributed by atoms with Gasteiger partial charge in [-0.15, -0.1) is 0 Å². The first-order valence-corrected chi connectivity index (χ1v) is 6.44. The third-order valence-electron chi connectivity index (χ3n) is 2.51. The van der Waals surface area contributed by atoms with E-state index in [9.17, 15) is 9.90 Å². The number of carbonyl (C=O) groups excluding carboxylic acids is 1. The average Bonchev–Trinajstić information content (AvgIpc) is 2.08. The van der Waals surface area contributed by atoms with Crippen molar-refractivity contribution in [2.75, 3.05) is 27.2 Å². The van der Waals surface area contributed by atoms with Gasteiger partial charge in [-0.2, -0.15) is 0 Å². The molecule has 0 aromatic carbocycles. The number of hydrogen-bond donors (Lipinski definition) is 1. The number of nitrogens with zero attached hydrogens (tertiary/aromatic N) is 1. The highest BCUT2D eigenvalue weighted by atomic mass is 16.5. The van der Waals surface area contributed by atoms with Crippen LogP contribution in [0.1, 0.15) is 41.0 Å². The molecule has 1 N–H and O–H groups in total. The lowest BCUT2D eigenvalue weighted by molar-refractivity contribution is -0.158. The molecule has 0 saturated heterocycles. The van der Waals surface area contributed by atoms with E-state index in [0.717, 1.165) is 6.42 Å². The Morgan fingerprint density at radius 1 is 1.22 bits per heavy atom. The molecular weight excluding hydrogens is 230 g/mol. The molecule has 0 heterocycles. The summed E-state index contributed by atoms with van der Waals surface area (Å²) in [6.45, 7) is 10.6. The first-order chi connectivity index (χ1) is 7.94. The van der Waals surface area contributed by atoms with E-state index in [4.69, 9.17) is 4.74 Å². The van der Waals surface area contributed by atoms with E-state index in [1.165, 1.54) is 0 Å². The lowest BCUT2D eigenvalue weighted by Gasteiger charge is -2.30. The first kappa shape index (κ1) is 17.4. The van der Waals surface area contributed by atoms with E-state index >= 15 is 0 Å². The number of rotatable bonds is 6. The smallest absolute Gasteiger partial charge is 0.311 e. The fraction of sp³-hybridized carbons (Fsp3) is 0.929. The standard InChI is InChI=1S/C14H29NO3/c1-13(2,3)10-14(4,5)12(17)18-9-11(16)8-15(6)7/h11,16H,8-10H2,1-7H3. The van der Waals surface area contributed by atoms with Crippen molar-refractivity contribution in [3.05, 3.63) is 0 Å². The van der Waals surface area contributed by atoms with Crippen LogP contribution in [0.5, 0.6) is 0 Å². The minimum absolute atomic E-state index is 0.0601. The summed E-state index contributed by atoms with van der Waals surface area (Å²) in [5.41, 5.74) is -0.444. The van der Waals surface area contributed by atoms with Gasteiger partial charge in [-0.3, -0.25) is 4.79 Å². The Bertz CT molecular complexity index is 267. The van der Waals surface area contributed by atoms with Crippen LogP contribution in [0.25, 0.3) is 0 Å². The molecule has 0 aliphatic carbocycles. The fourth-order valence-corrected chi connectivity index (χ4v) is 2.24. The largest absolute Gasteiger partial charge is 0.462 e. The molecule has 0 aromatic rings. The summed E-state index contributed by atoms with van der Waals surface area (Å²) in [5.74, 6) is -0.241. The molecule has 18 heavy (non-hydrogen) atoms. The van der Waals surface area contributed by atoms with E-state index in [0.29, 0.717) is 6.54 Å². The van der Waals surface area contributed by atoms with Gasteiger partial charge in [-0.1, -0.05) is 20.8 Å². The predicted molar refractivity (Wildman–Crippen MR) is 73.4 cm³/mol. The van der Waals surface area contributed by atoms with Gasteiger partial charge < -0.3 is 14.7 Å². The van der Waals surface area contributed by atoms with Gasteiger partial charge in [-0.05, 0) is 39.8 Å². The van der Waals surface area contributed by atoms with Crippen LogP contribution in [0, 0.1) is 10.8 Å². The van der Waals surface area contributed by atoms with Crippen molar-refractivity contribution in [2.24, 2.45) is 10.8 Å². The summed E-state index contributed by atoms with van der Waals surface area (Å²) in [6, 6.07) is 0. The molecular formula is C14H29NO3. The zero-order chi connectivity index (χ0) is 14.6. The van der Waals surface area contributed by atoms with Crippen LogP contribution >= 0.6 is 0 Å². The van der Waals surface area contributed by atoms with Crippen LogP contribution in [0.2, 0.25) is 0 Å². The zero-order valence-corrected chi connectivity index (χ0v) is 12.9. The highest BCUT2D eigenvalue weighted by Gasteiger charge is 2.34. The van der Waals surface area contributed by atoms with Gasteiger partial charge in [0.25, 0.3) is 0 Å². The number of aliphatic hydroxyl groups is 1. The van der Waals surface area contributed by atoms with Crippen LogP contribution in [0.3, 0.4) is 0 Å². The van der Waals surface area contributed by atoms with Gasteiger partial charge in [0.05, 0.1) is 5.41 Å².